The number of likely N-dealkylation sites (tertiary alicyclic amines) is 1. The third-order valence-electron chi connectivity index (χ3n) is 6.11. The highest BCUT2D eigenvalue weighted by Gasteiger charge is 2.45. The fourth-order valence-electron chi connectivity index (χ4n) is 4.29. The summed E-state index contributed by atoms with van der Waals surface area (Å²) in [6.45, 7) is 8.53. The van der Waals surface area contributed by atoms with Crippen LogP contribution in [0.25, 0.3) is 0 Å². The van der Waals surface area contributed by atoms with Gasteiger partial charge >= 0.3 is 0 Å². The molecule has 0 radical (unpaired) electrons. The quantitative estimate of drug-likeness (QED) is 0.723. The number of hydrogen-bond donors (Lipinski definition) is 2. The van der Waals surface area contributed by atoms with Crippen molar-refractivity contribution in [2.75, 3.05) is 19.6 Å². The Labute approximate surface area is 176 Å². The van der Waals surface area contributed by atoms with Crippen LogP contribution >= 0.6 is 0 Å². The molecule has 1 aromatic rings. The number of piperidine rings is 2. The fraction of sp³-hybridized carbons (Fsp3) is 0.545. The van der Waals surface area contributed by atoms with Gasteiger partial charge in [0, 0.05) is 19.5 Å². The van der Waals surface area contributed by atoms with Crippen LogP contribution in [0.3, 0.4) is 0 Å². The van der Waals surface area contributed by atoms with E-state index in [4.69, 9.17) is 0 Å². The minimum absolute atomic E-state index is 0.0861. The lowest BCUT2D eigenvalue weighted by Gasteiger charge is -2.38. The van der Waals surface area contributed by atoms with Crippen LogP contribution in [-0.4, -0.2) is 64.2 Å². The van der Waals surface area contributed by atoms with Crippen molar-refractivity contribution in [3.05, 3.63) is 34.9 Å². The van der Waals surface area contributed by atoms with Crippen LogP contribution in [0.1, 0.15) is 72.7 Å². The van der Waals surface area contributed by atoms with Crippen molar-refractivity contribution in [1.29, 1.82) is 0 Å². The zero-order chi connectivity index (χ0) is 22.1. The SMILES string of the molecule is CC.CCN1CCC(O)(c2ccc3c(c2)C(=O)N(C2CCC(=O)NC2=O)C3=O)CC1. The molecule has 1 unspecified atom stereocenters. The van der Waals surface area contributed by atoms with Gasteiger partial charge in [0.1, 0.15) is 6.04 Å². The molecular formula is C22H29N3O5. The van der Waals surface area contributed by atoms with Crippen molar-refractivity contribution in [2.24, 2.45) is 0 Å². The van der Waals surface area contributed by atoms with Crippen LogP contribution in [0.5, 0.6) is 0 Å². The molecule has 30 heavy (non-hydrogen) atoms. The van der Waals surface area contributed by atoms with Crippen LogP contribution in [0, 0.1) is 0 Å². The second-order valence-electron chi connectivity index (χ2n) is 7.67. The van der Waals surface area contributed by atoms with Gasteiger partial charge in [-0.1, -0.05) is 26.8 Å². The van der Waals surface area contributed by atoms with E-state index in [9.17, 15) is 24.3 Å². The number of amides is 4. The average Bonchev–Trinajstić information content (AvgIpc) is 3.00. The van der Waals surface area contributed by atoms with Crippen molar-refractivity contribution in [2.45, 2.75) is 58.1 Å². The van der Waals surface area contributed by atoms with Crippen LogP contribution in [0.4, 0.5) is 0 Å². The van der Waals surface area contributed by atoms with Gasteiger partial charge in [-0.3, -0.25) is 29.4 Å². The third kappa shape index (κ3) is 3.77. The lowest BCUT2D eigenvalue weighted by Crippen LogP contribution is -2.54. The number of imide groups is 2. The summed E-state index contributed by atoms with van der Waals surface area (Å²) in [6, 6.07) is 3.85. The Morgan fingerprint density at radius 1 is 1.07 bits per heavy atom. The summed E-state index contributed by atoms with van der Waals surface area (Å²) in [5.41, 5.74) is 0.0198. The van der Waals surface area contributed by atoms with E-state index in [1.165, 1.54) is 0 Å². The molecule has 3 aliphatic heterocycles. The van der Waals surface area contributed by atoms with Gasteiger partial charge in [0.2, 0.25) is 11.8 Å². The number of nitrogens with zero attached hydrogens (tertiary/aromatic N) is 2. The maximum atomic E-state index is 12.9. The number of fused-ring (bicyclic) bond motifs is 1. The Kier molecular flexibility index (Phi) is 6.38. The Morgan fingerprint density at radius 2 is 1.70 bits per heavy atom. The molecule has 0 aliphatic carbocycles. The highest BCUT2D eigenvalue weighted by atomic mass is 16.3. The van der Waals surface area contributed by atoms with Gasteiger partial charge in [-0.15, -0.1) is 0 Å². The molecule has 0 bridgehead atoms. The van der Waals surface area contributed by atoms with Crippen LogP contribution < -0.4 is 5.32 Å². The predicted octanol–water partition coefficient (Wildman–Crippen LogP) is 1.42. The highest BCUT2D eigenvalue weighted by Crippen LogP contribution is 2.36. The number of hydrogen-bond acceptors (Lipinski definition) is 6. The average molecular weight is 415 g/mol. The summed E-state index contributed by atoms with van der Waals surface area (Å²) >= 11 is 0. The van der Waals surface area contributed by atoms with Gasteiger partial charge in [-0.25, -0.2) is 0 Å². The smallest absolute Gasteiger partial charge is 0.262 e. The zero-order valence-electron chi connectivity index (χ0n) is 17.7. The molecule has 162 valence electrons. The molecule has 4 amide bonds. The van der Waals surface area contributed by atoms with Gasteiger partial charge in [0.25, 0.3) is 11.8 Å². The molecule has 2 fully saturated rings. The lowest BCUT2D eigenvalue weighted by atomic mass is 9.83. The van der Waals surface area contributed by atoms with E-state index in [-0.39, 0.29) is 24.0 Å². The minimum Gasteiger partial charge on any atom is -0.385 e. The number of carbonyl (C=O) groups is 4. The van der Waals surface area contributed by atoms with E-state index in [1.54, 1.807) is 18.2 Å². The molecule has 0 saturated carbocycles. The minimum atomic E-state index is -1.04. The topological polar surface area (TPSA) is 107 Å². The summed E-state index contributed by atoms with van der Waals surface area (Å²) in [4.78, 5) is 52.4. The standard InChI is InChI=1S/C20H23N3O5.C2H6/c1-2-22-9-7-20(28,8-10-22)12-3-4-13-14(11-12)19(27)23(18(13)26)15-5-6-16(24)21-17(15)25;1-2/h3-4,11,15,28H,2,5-10H2,1H3,(H,21,24,25);1-2H3. The molecular weight excluding hydrogens is 386 g/mol. The molecule has 3 aliphatic rings. The van der Waals surface area contributed by atoms with Gasteiger partial charge in [0.05, 0.1) is 16.7 Å². The van der Waals surface area contributed by atoms with E-state index >= 15 is 0 Å². The molecule has 2 saturated heterocycles. The maximum absolute atomic E-state index is 12.9. The van der Waals surface area contributed by atoms with Crippen molar-refractivity contribution >= 4 is 23.6 Å². The predicted molar refractivity (Wildman–Crippen MR) is 110 cm³/mol. The summed E-state index contributed by atoms with van der Waals surface area (Å²) in [5, 5.41) is 13.3. The largest absolute Gasteiger partial charge is 0.385 e. The van der Waals surface area contributed by atoms with Gasteiger partial charge in [0.15, 0.2) is 0 Å². The van der Waals surface area contributed by atoms with Crippen molar-refractivity contribution in [3.8, 4) is 0 Å². The second-order valence-corrected chi connectivity index (χ2v) is 7.67. The van der Waals surface area contributed by atoms with Crippen LogP contribution in [0.2, 0.25) is 0 Å². The summed E-state index contributed by atoms with van der Waals surface area (Å²) in [6.07, 6.45) is 1.32. The highest BCUT2D eigenvalue weighted by molar-refractivity contribution is 6.23. The number of carbonyl (C=O) groups excluding carboxylic acids is 4. The number of nitrogens with one attached hydrogen (secondary N) is 1. The van der Waals surface area contributed by atoms with Gasteiger partial charge < -0.3 is 10.0 Å². The molecule has 3 heterocycles. The van der Waals surface area contributed by atoms with Crippen molar-refractivity contribution in [3.63, 3.8) is 0 Å². The number of aliphatic hydroxyl groups is 1. The zero-order valence-corrected chi connectivity index (χ0v) is 17.7. The van der Waals surface area contributed by atoms with E-state index in [1.807, 2.05) is 13.8 Å². The van der Waals surface area contributed by atoms with E-state index in [2.05, 4.69) is 17.1 Å². The summed E-state index contributed by atoms with van der Waals surface area (Å²) in [7, 11) is 0. The molecule has 8 heteroatoms. The molecule has 0 spiro atoms. The van der Waals surface area contributed by atoms with Crippen LogP contribution in [0.15, 0.2) is 18.2 Å². The first kappa shape index (κ1) is 22.1. The summed E-state index contributed by atoms with van der Waals surface area (Å²) < 4.78 is 0. The molecule has 2 N–H and O–H groups in total. The number of benzene rings is 1. The molecule has 0 aromatic heterocycles. The van der Waals surface area contributed by atoms with Crippen molar-refractivity contribution < 1.29 is 24.3 Å². The van der Waals surface area contributed by atoms with Crippen molar-refractivity contribution in [1.82, 2.24) is 15.1 Å². The Hall–Kier alpha value is -2.58. The first-order valence-electron chi connectivity index (χ1n) is 10.6. The molecule has 8 nitrogen and oxygen atoms in total. The van der Waals surface area contributed by atoms with E-state index < -0.39 is 35.3 Å². The monoisotopic (exact) mass is 415 g/mol. The lowest BCUT2D eigenvalue weighted by molar-refractivity contribution is -0.136. The summed E-state index contributed by atoms with van der Waals surface area (Å²) in [5.74, 6) is -2.11. The van der Waals surface area contributed by atoms with E-state index in [0.29, 0.717) is 18.4 Å². The number of rotatable bonds is 3. The van der Waals surface area contributed by atoms with Gasteiger partial charge in [-0.2, -0.15) is 0 Å². The molecule has 1 aromatic carbocycles. The third-order valence-corrected chi connectivity index (χ3v) is 6.11. The van der Waals surface area contributed by atoms with Crippen LogP contribution in [-0.2, 0) is 15.2 Å². The first-order chi connectivity index (χ1) is 14.3. The second kappa shape index (κ2) is 8.65. The van der Waals surface area contributed by atoms with E-state index in [0.717, 1.165) is 24.5 Å². The first-order valence-corrected chi connectivity index (χ1v) is 10.6. The fourth-order valence-corrected chi connectivity index (χ4v) is 4.29. The molecule has 4 rings (SSSR count). The van der Waals surface area contributed by atoms with Gasteiger partial charge in [-0.05, 0) is 43.5 Å². The molecule has 1 atom stereocenters. The normalized spacial score (nSPS) is 23.6. The Bertz CT molecular complexity index is 874. The maximum Gasteiger partial charge on any atom is 0.262 e. The Balaban J connectivity index is 0.00000124. The Morgan fingerprint density at radius 3 is 2.30 bits per heavy atom.